The van der Waals surface area contributed by atoms with Gasteiger partial charge in [0.05, 0.1) is 13.1 Å². The highest BCUT2D eigenvalue weighted by atomic mass is 16.2. The van der Waals surface area contributed by atoms with Crippen LogP contribution in [0.15, 0.2) is 0 Å². The fourth-order valence-corrected chi connectivity index (χ4v) is 1.19. The molecule has 0 spiro atoms. The molecule has 0 unspecified atom stereocenters. The number of carbonyl (C=O) groups excluding carboxylic acids is 2. The molecule has 1 aliphatic heterocycles. The Kier molecular flexibility index (Phi) is 3.47. The summed E-state index contributed by atoms with van der Waals surface area (Å²) in [7, 11) is 0. The zero-order valence-corrected chi connectivity index (χ0v) is 7.59. The molecule has 0 saturated carbocycles. The van der Waals surface area contributed by atoms with Crippen molar-refractivity contribution in [2.45, 2.75) is 13.3 Å². The van der Waals surface area contributed by atoms with Gasteiger partial charge in [-0.3, -0.25) is 19.8 Å². The maximum atomic E-state index is 10.9. The number of amides is 2. The van der Waals surface area contributed by atoms with Crippen LogP contribution in [0, 0.1) is 11.8 Å². The van der Waals surface area contributed by atoms with Gasteiger partial charge in [0.1, 0.15) is 0 Å². The molecule has 1 N–H and O–H groups in total. The van der Waals surface area contributed by atoms with Crippen LogP contribution in [0.2, 0.25) is 0 Å². The van der Waals surface area contributed by atoms with E-state index in [-0.39, 0.29) is 11.8 Å². The van der Waals surface area contributed by atoms with Crippen LogP contribution < -0.4 is 5.32 Å². The number of hydrogen-bond acceptors (Lipinski definition) is 3. The smallest absolute Gasteiger partial charge is 0.240 e. The molecule has 1 fully saturated rings. The molecule has 0 radical (unpaired) electrons. The van der Waals surface area contributed by atoms with Crippen molar-refractivity contribution < 1.29 is 9.59 Å². The molecule has 2 amide bonds. The Morgan fingerprint density at radius 1 is 1.38 bits per heavy atom. The Bertz CT molecular complexity index is 259. The van der Waals surface area contributed by atoms with Gasteiger partial charge in [-0.15, -0.1) is 11.8 Å². The number of imide groups is 1. The second-order valence-electron chi connectivity index (χ2n) is 2.86. The number of nitrogens with one attached hydrogen (secondary N) is 1. The lowest BCUT2D eigenvalue weighted by Gasteiger charge is -2.24. The van der Waals surface area contributed by atoms with Crippen molar-refractivity contribution in [1.82, 2.24) is 10.2 Å². The monoisotopic (exact) mass is 180 g/mol. The van der Waals surface area contributed by atoms with Crippen molar-refractivity contribution >= 4 is 11.8 Å². The molecule has 1 rings (SSSR count). The van der Waals surface area contributed by atoms with E-state index < -0.39 is 0 Å². The van der Waals surface area contributed by atoms with Crippen molar-refractivity contribution in [3.63, 3.8) is 0 Å². The average Bonchev–Trinajstić information content (AvgIpc) is 2.03. The Labute approximate surface area is 77.3 Å². The summed E-state index contributed by atoms with van der Waals surface area (Å²) in [5.74, 6) is 5.21. The van der Waals surface area contributed by atoms with Crippen LogP contribution >= 0.6 is 0 Å². The second kappa shape index (κ2) is 4.63. The molecule has 0 aliphatic carbocycles. The minimum atomic E-state index is -0.222. The third kappa shape index (κ3) is 3.26. The molecular weight excluding hydrogens is 168 g/mol. The van der Waals surface area contributed by atoms with Crippen LogP contribution in [0.3, 0.4) is 0 Å². The molecule has 1 heterocycles. The van der Waals surface area contributed by atoms with E-state index >= 15 is 0 Å². The van der Waals surface area contributed by atoms with E-state index in [1.54, 1.807) is 11.8 Å². The standard InChI is InChI=1S/C9H12N2O2/c1-2-3-4-5-11-6-8(12)10-9(13)7-11/h4-7H2,1H3,(H,10,12,13). The molecule has 70 valence electrons. The van der Waals surface area contributed by atoms with E-state index in [2.05, 4.69) is 17.2 Å². The van der Waals surface area contributed by atoms with Gasteiger partial charge in [-0.25, -0.2) is 0 Å². The highest BCUT2D eigenvalue weighted by Gasteiger charge is 2.21. The first-order valence-electron chi connectivity index (χ1n) is 4.17. The van der Waals surface area contributed by atoms with Crippen LogP contribution in [-0.2, 0) is 9.59 Å². The third-order valence-electron chi connectivity index (χ3n) is 1.74. The third-order valence-corrected chi connectivity index (χ3v) is 1.74. The number of nitrogens with zero attached hydrogens (tertiary/aromatic N) is 1. The van der Waals surface area contributed by atoms with Gasteiger partial charge in [0.15, 0.2) is 0 Å². The highest BCUT2D eigenvalue weighted by molar-refractivity contribution is 5.99. The van der Waals surface area contributed by atoms with Crippen molar-refractivity contribution in [3.8, 4) is 11.8 Å². The molecule has 0 atom stereocenters. The average molecular weight is 180 g/mol. The van der Waals surface area contributed by atoms with Crippen molar-refractivity contribution in [2.24, 2.45) is 0 Å². The van der Waals surface area contributed by atoms with Crippen LogP contribution in [0.4, 0.5) is 0 Å². The fraction of sp³-hybridized carbons (Fsp3) is 0.556. The van der Waals surface area contributed by atoms with E-state index in [4.69, 9.17) is 0 Å². The molecule has 0 aromatic rings. The van der Waals surface area contributed by atoms with Crippen molar-refractivity contribution in [1.29, 1.82) is 0 Å². The van der Waals surface area contributed by atoms with Crippen LogP contribution in [0.5, 0.6) is 0 Å². The fourth-order valence-electron chi connectivity index (χ4n) is 1.19. The van der Waals surface area contributed by atoms with E-state index in [0.717, 1.165) is 0 Å². The minimum absolute atomic E-state index is 0.222. The molecule has 0 aromatic carbocycles. The Balaban J connectivity index is 2.36. The number of hydrogen-bond donors (Lipinski definition) is 1. The summed E-state index contributed by atoms with van der Waals surface area (Å²) in [6, 6.07) is 0. The lowest BCUT2D eigenvalue weighted by atomic mass is 10.3. The van der Waals surface area contributed by atoms with E-state index in [9.17, 15) is 9.59 Å². The normalized spacial score (nSPS) is 17.6. The van der Waals surface area contributed by atoms with Gasteiger partial charge in [-0.05, 0) is 6.92 Å². The summed E-state index contributed by atoms with van der Waals surface area (Å²) in [6.07, 6.45) is 0.705. The summed E-state index contributed by atoms with van der Waals surface area (Å²) in [5.41, 5.74) is 0. The predicted octanol–water partition coefficient (Wildman–Crippen LogP) is -0.642. The van der Waals surface area contributed by atoms with Gasteiger partial charge in [0.25, 0.3) is 0 Å². The van der Waals surface area contributed by atoms with Crippen LogP contribution in [0.1, 0.15) is 13.3 Å². The molecule has 0 bridgehead atoms. The first-order valence-corrected chi connectivity index (χ1v) is 4.17. The van der Waals surface area contributed by atoms with Gasteiger partial charge in [-0.2, -0.15) is 0 Å². The summed E-state index contributed by atoms with van der Waals surface area (Å²) < 4.78 is 0. The quantitative estimate of drug-likeness (QED) is 0.454. The van der Waals surface area contributed by atoms with Gasteiger partial charge in [-0.1, -0.05) is 0 Å². The van der Waals surface area contributed by atoms with E-state index in [1.807, 2.05) is 0 Å². The van der Waals surface area contributed by atoms with Crippen LogP contribution in [0.25, 0.3) is 0 Å². The zero-order valence-electron chi connectivity index (χ0n) is 7.59. The molecule has 0 aromatic heterocycles. The number of piperazine rings is 1. The Morgan fingerprint density at radius 2 is 2.00 bits per heavy atom. The topological polar surface area (TPSA) is 49.4 Å². The zero-order chi connectivity index (χ0) is 9.68. The summed E-state index contributed by atoms with van der Waals surface area (Å²) >= 11 is 0. The van der Waals surface area contributed by atoms with E-state index in [1.165, 1.54) is 0 Å². The minimum Gasteiger partial charge on any atom is -0.294 e. The Morgan fingerprint density at radius 3 is 2.54 bits per heavy atom. The lowest BCUT2D eigenvalue weighted by molar-refractivity contribution is -0.135. The summed E-state index contributed by atoms with van der Waals surface area (Å²) in [5, 5.41) is 2.24. The van der Waals surface area contributed by atoms with Gasteiger partial charge in [0.2, 0.25) is 11.8 Å². The largest absolute Gasteiger partial charge is 0.294 e. The maximum absolute atomic E-state index is 10.9. The van der Waals surface area contributed by atoms with Crippen molar-refractivity contribution in [2.75, 3.05) is 19.6 Å². The van der Waals surface area contributed by atoms with Crippen molar-refractivity contribution in [3.05, 3.63) is 0 Å². The van der Waals surface area contributed by atoms with Crippen LogP contribution in [-0.4, -0.2) is 36.3 Å². The van der Waals surface area contributed by atoms with E-state index in [0.29, 0.717) is 26.1 Å². The number of carbonyl (C=O) groups is 2. The molecular formula is C9H12N2O2. The first-order chi connectivity index (χ1) is 6.22. The summed E-state index contributed by atoms with van der Waals surface area (Å²) in [6.45, 7) is 3.06. The lowest BCUT2D eigenvalue weighted by Crippen LogP contribution is -2.51. The molecule has 4 heteroatoms. The van der Waals surface area contributed by atoms with Gasteiger partial charge < -0.3 is 0 Å². The maximum Gasteiger partial charge on any atom is 0.240 e. The van der Waals surface area contributed by atoms with Gasteiger partial charge in [0, 0.05) is 13.0 Å². The summed E-state index contributed by atoms with van der Waals surface area (Å²) in [4.78, 5) is 23.6. The molecule has 13 heavy (non-hydrogen) atoms. The first kappa shape index (κ1) is 9.75. The molecule has 1 aliphatic rings. The molecule has 1 saturated heterocycles. The highest BCUT2D eigenvalue weighted by Crippen LogP contribution is 1.95. The second-order valence-corrected chi connectivity index (χ2v) is 2.86. The molecule has 4 nitrogen and oxygen atoms in total. The predicted molar refractivity (Wildman–Crippen MR) is 47.7 cm³/mol. The number of rotatable bonds is 2. The SMILES string of the molecule is CC#CCCN1CC(=O)NC(=O)C1. The Hall–Kier alpha value is -1.34. The van der Waals surface area contributed by atoms with Gasteiger partial charge >= 0.3 is 0 Å².